The Labute approximate surface area is 142 Å². The largest absolute Gasteiger partial charge is 0.508 e. The fourth-order valence-electron chi connectivity index (χ4n) is 2.09. The maximum absolute atomic E-state index is 11.8. The highest BCUT2D eigenvalue weighted by Gasteiger charge is 2.06. The molecule has 0 saturated carbocycles. The first-order valence-electron chi connectivity index (χ1n) is 7.77. The van der Waals surface area contributed by atoms with E-state index >= 15 is 0 Å². The number of phenolic OH excluding ortho intramolecular Hbond substituents is 1. The minimum atomic E-state index is 0.0752. The Morgan fingerprint density at radius 3 is 1.83 bits per heavy atom. The molecule has 0 radical (unpaired) electrons. The standard InChI is InChI=1S/C13H10O.C8H10O2/c14-13(11-7-3-1-4-8-11)12-9-5-2-6-10-12;1-2-10-8-5-3-4-7(9)6-8/h1-10H;3-6,9H,2H2,1H3. The molecule has 0 aliphatic heterocycles. The first-order chi connectivity index (χ1) is 11.7. The lowest BCUT2D eigenvalue weighted by Gasteiger charge is -2.01. The Kier molecular flexibility index (Phi) is 6.59. The van der Waals surface area contributed by atoms with E-state index in [9.17, 15) is 4.79 Å². The topological polar surface area (TPSA) is 46.5 Å². The van der Waals surface area contributed by atoms with Crippen LogP contribution < -0.4 is 4.74 Å². The second kappa shape index (κ2) is 9.16. The molecule has 0 amide bonds. The lowest BCUT2D eigenvalue weighted by molar-refractivity contribution is 0.103. The molecule has 0 unspecified atom stereocenters. The van der Waals surface area contributed by atoms with Crippen molar-refractivity contribution in [1.82, 2.24) is 0 Å². The van der Waals surface area contributed by atoms with Crippen molar-refractivity contribution in [3.63, 3.8) is 0 Å². The second-order valence-corrected chi connectivity index (χ2v) is 4.99. The van der Waals surface area contributed by atoms with Crippen LogP contribution in [0, 0.1) is 0 Å². The highest BCUT2D eigenvalue weighted by atomic mass is 16.5. The van der Waals surface area contributed by atoms with Crippen LogP contribution in [-0.4, -0.2) is 17.5 Å². The van der Waals surface area contributed by atoms with Crippen molar-refractivity contribution >= 4 is 5.78 Å². The van der Waals surface area contributed by atoms with Crippen LogP contribution in [-0.2, 0) is 0 Å². The number of rotatable bonds is 4. The van der Waals surface area contributed by atoms with E-state index < -0.39 is 0 Å². The van der Waals surface area contributed by atoms with Gasteiger partial charge in [0.2, 0.25) is 0 Å². The molecule has 0 aliphatic carbocycles. The van der Waals surface area contributed by atoms with E-state index in [1.807, 2.05) is 73.7 Å². The van der Waals surface area contributed by atoms with Crippen LogP contribution in [0.3, 0.4) is 0 Å². The van der Waals surface area contributed by atoms with Crippen LogP contribution in [0.15, 0.2) is 84.9 Å². The quantitative estimate of drug-likeness (QED) is 0.708. The first-order valence-corrected chi connectivity index (χ1v) is 7.77. The molecule has 1 N–H and O–H groups in total. The van der Waals surface area contributed by atoms with E-state index in [0.29, 0.717) is 12.4 Å². The maximum Gasteiger partial charge on any atom is 0.193 e. The van der Waals surface area contributed by atoms with Crippen LogP contribution in [0.5, 0.6) is 11.5 Å². The van der Waals surface area contributed by atoms with Gasteiger partial charge in [0.05, 0.1) is 6.61 Å². The molecule has 0 heterocycles. The van der Waals surface area contributed by atoms with Crippen molar-refractivity contribution < 1.29 is 14.6 Å². The molecule has 3 aromatic rings. The van der Waals surface area contributed by atoms with Gasteiger partial charge in [-0.15, -0.1) is 0 Å². The van der Waals surface area contributed by atoms with Gasteiger partial charge < -0.3 is 9.84 Å². The van der Waals surface area contributed by atoms with Crippen LogP contribution >= 0.6 is 0 Å². The Hall–Kier alpha value is -3.07. The molecule has 3 nitrogen and oxygen atoms in total. The summed E-state index contributed by atoms with van der Waals surface area (Å²) in [6.45, 7) is 2.54. The fourth-order valence-corrected chi connectivity index (χ4v) is 2.09. The van der Waals surface area contributed by atoms with Gasteiger partial charge in [0.15, 0.2) is 5.78 Å². The molecule has 24 heavy (non-hydrogen) atoms. The molecular weight excluding hydrogens is 300 g/mol. The van der Waals surface area contributed by atoms with E-state index in [1.165, 1.54) is 0 Å². The molecule has 0 atom stereocenters. The third-order valence-corrected chi connectivity index (χ3v) is 3.20. The molecule has 3 heteroatoms. The van der Waals surface area contributed by atoms with Crippen LogP contribution in [0.4, 0.5) is 0 Å². The zero-order chi connectivity index (χ0) is 17.2. The van der Waals surface area contributed by atoms with Crippen molar-refractivity contribution in [2.24, 2.45) is 0 Å². The van der Waals surface area contributed by atoms with Gasteiger partial charge in [-0.05, 0) is 19.1 Å². The SMILES string of the molecule is CCOc1cccc(O)c1.O=C(c1ccccc1)c1ccccc1. The van der Waals surface area contributed by atoms with Crippen molar-refractivity contribution in [2.75, 3.05) is 6.61 Å². The molecule has 0 saturated heterocycles. The molecule has 0 bridgehead atoms. The number of hydrogen-bond acceptors (Lipinski definition) is 3. The van der Waals surface area contributed by atoms with E-state index in [-0.39, 0.29) is 11.5 Å². The summed E-state index contributed by atoms with van der Waals surface area (Å²) in [4.78, 5) is 11.8. The summed E-state index contributed by atoms with van der Waals surface area (Å²) in [6.07, 6.45) is 0. The predicted octanol–water partition coefficient (Wildman–Crippen LogP) is 4.71. The normalized spacial score (nSPS) is 9.54. The average Bonchev–Trinajstić information content (AvgIpc) is 2.63. The summed E-state index contributed by atoms with van der Waals surface area (Å²) in [5.41, 5.74) is 1.47. The molecule has 0 fully saturated rings. The maximum atomic E-state index is 11.8. The van der Waals surface area contributed by atoms with Crippen molar-refractivity contribution in [2.45, 2.75) is 6.92 Å². The van der Waals surface area contributed by atoms with Gasteiger partial charge in [-0.2, -0.15) is 0 Å². The Morgan fingerprint density at radius 1 is 0.833 bits per heavy atom. The zero-order valence-electron chi connectivity index (χ0n) is 13.6. The molecular formula is C21H20O3. The summed E-state index contributed by atoms with van der Waals surface area (Å²) in [5, 5.41) is 8.96. The van der Waals surface area contributed by atoms with Crippen molar-refractivity contribution in [3.8, 4) is 11.5 Å². The number of carbonyl (C=O) groups excluding carboxylic acids is 1. The minimum Gasteiger partial charge on any atom is -0.508 e. The number of phenols is 1. The molecule has 0 aliphatic rings. The van der Waals surface area contributed by atoms with Gasteiger partial charge in [0.25, 0.3) is 0 Å². The van der Waals surface area contributed by atoms with Gasteiger partial charge in [-0.1, -0.05) is 66.7 Å². The molecule has 3 aromatic carbocycles. The van der Waals surface area contributed by atoms with Gasteiger partial charge in [0, 0.05) is 17.2 Å². The number of benzene rings is 3. The predicted molar refractivity (Wildman–Crippen MR) is 95.6 cm³/mol. The molecule has 0 spiro atoms. The van der Waals surface area contributed by atoms with Gasteiger partial charge in [0.1, 0.15) is 11.5 Å². The number of ether oxygens (including phenoxy) is 1. The van der Waals surface area contributed by atoms with E-state index in [4.69, 9.17) is 9.84 Å². The molecule has 0 aromatic heterocycles. The lowest BCUT2D eigenvalue weighted by Crippen LogP contribution is -1.99. The summed E-state index contributed by atoms with van der Waals surface area (Å²) < 4.78 is 5.13. The van der Waals surface area contributed by atoms with Crippen LogP contribution in [0.25, 0.3) is 0 Å². The van der Waals surface area contributed by atoms with Gasteiger partial charge in [-0.3, -0.25) is 4.79 Å². The average molecular weight is 320 g/mol. The van der Waals surface area contributed by atoms with Crippen molar-refractivity contribution in [1.29, 1.82) is 0 Å². The van der Waals surface area contributed by atoms with Crippen LogP contribution in [0.1, 0.15) is 22.8 Å². The highest BCUT2D eigenvalue weighted by Crippen LogP contribution is 2.17. The summed E-state index contributed by atoms with van der Waals surface area (Å²) in [6, 6.07) is 25.4. The Morgan fingerprint density at radius 2 is 1.38 bits per heavy atom. The van der Waals surface area contributed by atoms with Gasteiger partial charge in [-0.25, -0.2) is 0 Å². The zero-order valence-corrected chi connectivity index (χ0v) is 13.6. The monoisotopic (exact) mass is 320 g/mol. The van der Waals surface area contributed by atoms with E-state index in [0.717, 1.165) is 11.1 Å². The number of carbonyl (C=O) groups is 1. The van der Waals surface area contributed by atoms with E-state index in [1.54, 1.807) is 18.2 Å². The summed E-state index contributed by atoms with van der Waals surface area (Å²) >= 11 is 0. The van der Waals surface area contributed by atoms with Gasteiger partial charge >= 0.3 is 0 Å². The Balaban J connectivity index is 0.000000185. The highest BCUT2D eigenvalue weighted by molar-refractivity contribution is 6.08. The minimum absolute atomic E-state index is 0.0752. The smallest absolute Gasteiger partial charge is 0.193 e. The third-order valence-electron chi connectivity index (χ3n) is 3.20. The van der Waals surface area contributed by atoms with Crippen molar-refractivity contribution in [3.05, 3.63) is 96.1 Å². The summed E-state index contributed by atoms with van der Waals surface area (Å²) in [7, 11) is 0. The van der Waals surface area contributed by atoms with E-state index in [2.05, 4.69) is 0 Å². The summed E-state index contributed by atoms with van der Waals surface area (Å²) in [5.74, 6) is 1.03. The number of ketones is 1. The lowest BCUT2D eigenvalue weighted by atomic mass is 10.0. The second-order valence-electron chi connectivity index (χ2n) is 4.99. The fraction of sp³-hybridized carbons (Fsp3) is 0.0952. The Bertz CT molecular complexity index is 711. The molecule has 3 rings (SSSR count). The van der Waals surface area contributed by atoms with Crippen LogP contribution in [0.2, 0.25) is 0 Å². The number of aromatic hydroxyl groups is 1. The molecule has 122 valence electrons. The number of hydrogen-bond donors (Lipinski definition) is 1. The third kappa shape index (κ3) is 5.29. The first kappa shape index (κ1) is 17.3.